The number of carbonyl (C=O) groups excluding carboxylic acids is 1. The molecule has 2 N–H and O–H groups in total. The Balaban J connectivity index is 1.72. The third-order valence-electron chi connectivity index (χ3n) is 4.28. The molecular formula is C22H23N3O4. The summed E-state index contributed by atoms with van der Waals surface area (Å²) in [5.41, 5.74) is 2.93. The molecule has 150 valence electrons. The van der Waals surface area contributed by atoms with Gasteiger partial charge in [-0.25, -0.2) is 4.98 Å². The zero-order chi connectivity index (χ0) is 20.8. The number of methoxy groups -OCH3 is 3. The van der Waals surface area contributed by atoms with Crippen molar-refractivity contribution < 1.29 is 19.0 Å². The molecule has 0 saturated heterocycles. The van der Waals surface area contributed by atoms with Crippen LogP contribution in [-0.2, 0) is 0 Å². The Morgan fingerprint density at radius 3 is 2.24 bits per heavy atom. The summed E-state index contributed by atoms with van der Waals surface area (Å²) in [4.78, 5) is 16.8. The molecule has 0 fully saturated rings. The van der Waals surface area contributed by atoms with E-state index in [1.54, 1.807) is 51.7 Å². The number of ether oxygens (including phenoxy) is 3. The molecule has 1 heterocycles. The van der Waals surface area contributed by atoms with Gasteiger partial charge in [-0.3, -0.25) is 4.79 Å². The Kier molecular flexibility index (Phi) is 6.19. The van der Waals surface area contributed by atoms with E-state index in [9.17, 15) is 4.79 Å². The fourth-order valence-corrected chi connectivity index (χ4v) is 2.78. The number of nitrogens with one attached hydrogen (secondary N) is 2. The summed E-state index contributed by atoms with van der Waals surface area (Å²) in [5.74, 6) is 2.18. The first-order valence-corrected chi connectivity index (χ1v) is 8.95. The first-order valence-electron chi connectivity index (χ1n) is 8.95. The molecular weight excluding hydrogens is 370 g/mol. The van der Waals surface area contributed by atoms with E-state index in [2.05, 4.69) is 15.6 Å². The molecule has 1 amide bonds. The fourth-order valence-electron chi connectivity index (χ4n) is 2.78. The number of pyridine rings is 1. The van der Waals surface area contributed by atoms with E-state index < -0.39 is 0 Å². The predicted molar refractivity (Wildman–Crippen MR) is 113 cm³/mol. The van der Waals surface area contributed by atoms with Crippen molar-refractivity contribution >= 4 is 23.1 Å². The molecule has 0 bridgehead atoms. The van der Waals surface area contributed by atoms with Crippen molar-refractivity contribution in [2.24, 2.45) is 0 Å². The quantitative estimate of drug-likeness (QED) is 0.619. The number of aryl methyl sites for hydroxylation is 1. The number of anilines is 3. The smallest absolute Gasteiger partial charge is 0.257 e. The maximum Gasteiger partial charge on any atom is 0.257 e. The molecule has 0 unspecified atom stereocenters. The Morgan fingerprint density at radius 1 is 0.862 bits per heavy atom. The largest absolute Gasteiger partial charge is 0.495 e. The van der Waals surface area contributed by atoms with Crippen molar-refractivity contribution in [2.75, 3.05) is 32.0 Å². The number of hydrogen-bond acceptors (Lipinski definition) is 6. The van der Waals surface area contributed by atoms with Crippen LogP contribution < -0.4 is 24.8 Å². The van der Waals surface area contributed by atoms with Crippen LogP contribution in [0, 0.1) is 6.92 Å². The average Bonchev–Trinajstić information content (AvgIpc) is 2.74. The van der Waals surface area contributed by atoms with Gasteiger partial charge in [0.05, 0.1) is 32.6 Å². The van der Waals surface area contributed by atoms with Gasteiger partial charge in [0, 0.05) is 18.0 Å². The highest BCUT2D eigenvalue weighted by molar-refractivity contribution is 6.04. The molecule has 7 heteroatoms. The SMILES string of the molecule is COc1ccc(C)cc1Nc1ccc(C(=O)Nc2ccc(OC)c(OC)c2)cn1. The lowest BCUT2D eigenvalue weighted by atomic mass is 10.2. The predicted octanol–water partition coefficient (Wildman–Crippen LogP) is 4.41. The normalized spacial score (nSPS) is 10.2. The third kappa shape index (κ3) is 4.76. The molecule has 2 aromatic carbocycles. The van der Waals surface area contributed by atoms with Crippen molar-refractivity contribution in [2.45, 2.75) is 6.92 Å². The van der Waals surface area contributed by atoms with Crippen LogP contribution in [0.15, 0.2) is 54.7 Å². The second-order valence-corrected chi connectivity index (χ2v) is 6.28. The summed E-state index contributed by atoms with van der Waals surface area (Å²) < 4.78 is 15.8. The molecule has 29 heavy (non-hydrogen) atoms. The Morgan fingerprint density at radius 2 is 1.59 bits per heavy atom. The highest BCUT2D eigenvalue weighted by Gasteiger charge is 2.11. The van der Waals surface area contributed by atoms with Gasteiger partial charge < -0.3 is 24.8 Å². The zero-order valence-electron chi connectivity index (χ0n) is 16.8. The minimum Gasteiger partial charge on any atom is -0.495 e. The number of rotatable bonds is 7. The summed E-state index contributed by atoms with van der Waals surface area (Å²) in [7, 11) is 4.72. The molecule has 1 aromatic heterocycles. The molecule has 0 aliphatic rings. The topological polar surface area (TPSA) is 81.7 Å². The van der Waals surface area contributed by atoms with Crippen LogP contribution >= 0.6 is 0 Å². The number of aromatic nitrogens is 1. The molecule has 3 aromatic rings. The van der Waals surface area contributed by atoms with Gasteiger partial charge in [0.1, 0.15) is 11.6 Å². The maximum atomic E-state index is 12.5. The molecule has 0 atom stereocenters. The van der Waals surface area contributed by atoms with Crippen LogP contribution in [0.2, 0.25) is 0 Å². The summed E-state index contributed by atoms with van der Waals surface area (Å²) in [5, 5.41) is 6.03. The summed E-state index contributed by atoms with van der Waals surface area (Å²) in [6.07, 6.45) is 1.51. The Hall–Kier alpha value is -3.74. The van der Waals surface area contributed by atoms with Crippen LogP contribution in [-0.4, -0.2) is 32.2 Å². The summed E-state index contributed by atoms with van der Waals surface area (Å²) in [6.45, 7) is 2.00. The van der Waals surface area contributed by atoms with Crippen molar-refractivity contribution in [1.29, 1.82) is 0 Å². The standard InChI is InChI=1S/C22H23N3O4/c1-14-5-8-18(27-2)17(11-14)25-21-10-6-15(13-23-21)22(26)24-16-7-9-19(28-3)20(12-16)29-4/h5-13H,1-4H3,(H,23,25)(H,24,26). The van der Waals surface area contributed by atoms with Gasteiger partial charge >= 0.3 is 0 Å². The van der Waals surface area contributed by atoms with Crippen LogP contribution in [0.4, 0.5) is 17.2 Å². The van der Waals surface area contributed by atoms with E-state index in [1.807, 2.05) is 25.1 Å². The maximum absolute atomic E-state index is 12.5. The lowest BCUT2D eigenvalue weighted by Gasteiger charge is -2.12. The van der Waals surface area contributed by atoms with Gasteiger partial charge in [0.2, 0.25) is 0 Å². The van der Waals surface area contributed by atoms with Crippen LogP contribution in [0.25, 0.3) is 0 Å². The van der Waals surface area contributed by atoms with Gasteiger partial charge in [-0.05, 0) is 48.9 Å². The Labute approximate surface area is 169 Å². The molecule has 7 nitrogen and oxygen atoms in total. The monoisotopic (exact) mass is 393 g/mol. The van der Waals surface area contributed by atoms with Crippen molar-refractivity contribution in [3.63, 3.8) is 0 Å². The van der Waals surface area contributed by atoms with Gasteiger partial charge in [0.15, 0.2) is 11.5 Å². The lowest BCUT2D eigenvalue weighted by Crippen LogP contribution is -2.12. The number of nitrogens with zero attached hydrogens (tertiary/aromatic N) is 1. The highest BCUT2D eigenvalue weighted by atomic mass is 16.5. The molecule has 0 aliphatic heterocycles. The lowest BCUT2D eigenvalue weighted by molar-refractivity contribution is 0.102. The van der Waals surface area contributed by atoms with Crippen LogP contribution in [0.5, 0.6) is 17.2 Å². The molecule has 3 rings (SSSR count). The molecule has 0 spiro atoms. The fraction of sp³-hybridized carbons (Fsp3) is 0.182. The summed E-state index contributed by atoms with van der Waals surface area (Å²) in [6, 6.07) is 14.4. The Bertz CT molecular complexity index is 1000. The van der Waals surface area contributed by atoms with Gasteiger partial charge in [-0.1, -0.05) is 6.07 Å². The molecule has 0 aliphatic carbocycles. The van der Waals surface area contributed by atoms with Gasteiger partial charge in [-0.2, -0.15) is 0 Å². The van der Waals surface area contributed by atoms with Gasteiger partial charge in [0.25, 0.3) is 5.91 Å². The minimum absolute atomic E-state index is 0.274. The number of carbonyl (C=O) groups is 1. The number of hydrogen-bond donors (Lipinski definition) is 2. The van der Waals surface area contributed by atoms with Crippen LogP contribution in [0.3, 0.4) is 0 Å². The van der Waals surface area contributed by atoms with Crippen LogP contribution in [0.1, 0.15) is 15.9 Å². The second-order valence-electron chi connectivity index (χ2n) is 6.28. The first-order chi connectivity index (χ1) is 14.0. The zero-order valence-corrected chi connectivity index (χ0v) is 16.8. The van der Waals surface area contributed by atoms with E-state index in [4.69, 9.17) is 14.2 Å². The van der Waals surface area contributed by atoms with E-state index >= 15 is 0 Å². The van der Waals surface area contributed by atoms with Gasteiger partial charge in [-0.15, -0.1) is 0 Å². The number of benzene rings is 2. The molecule has 0 radical (unpaired) electrons. The average molecular weight is 393 g/mol. The second kappa shape index (κ2) is 8.97. The third-order valence-corrected chi connectivity index (χ3v) is 4.28. The van der Waals surface area contributed by atoms with Crippen molar-refractivity contribution in [3.05, 3.63) is 65.9 Å². The van der Waals surface area contributed by atoms with E-state index in [1.165, 1.54) is 6.20 Å². The van der Waals surface area contributed by atoms with E-state index in [0.717, 1.165) is 11.3 Å². The van der Waals surface area contributed by atoms with Crippen molar-refractivity contribution in [3.8, 4) is 17.2 Å². The molecule has 0 saturated carbocycles. The van der Waals surface area contributed by atoms with E-state index in [0.29, 0.717) is 34.3 Å². The first kappa shape index (κ1) is 20.0. The van der Waals surface area contributed by atoms with E-state index in [-0.39, 0.29) is 5.91 Å². The van der Waals surface area contributed by atoms with Crippen molar-refractivity contribution in [1.82, 2.24) is 4.98 Å². The summed E-state index contributed by atoms with van der Waals surface area (Å²) >= 11 is 0. The highest BCUT2D eigenvalue weighted by Crippen LogP contribution is 2.30. The minimum atomic E-state index is -0.274. The number of amides is 1.